The molecule has 184 valence electrons. The van der Waals surface area contributed by atoms with Crippen molar-refractivity contribution in [2.75, 3.05) is 13.2 Å². The van der Waals surface area contributed by atoms with E-state index in [4.69, 9.17) is 4.74 Å². The van der Waals surface area contributed by atoms with Gasteiger partial charge in [-0.25, -0.2) is 0 Å². The number of carbonyl (C=O) groups is 2. The van der Waals surface area contributed by atoms with Crippen molar-refractivity contribution in [3.05, 3.63) is 81.5 Å². The first-order chi connectivity index (χ1) is 16.5. The number of thiophene rings is 1. The van der Waals surface area contributed by atoms with E-state index in [1.807, 2.05) is 0 Å². The molecule has 0 unspecified atom stereocenters. The minimum Gasteiger partial charge on any atom is -0.377 e. The second kappa shape index (κ2) is 9.87. The summed E-state index contributed by atoms with van der Waals surface area (Å²) in [5.74, 6) is -5.76. The van der Waals surface area contributed by atoms with Gasteiger partial charge < -0.3 is 10.1 Å². The Bertz CT molecular complexity index is 1220. The van der Waals surface area contributed by atoms with E-state index in [0.29, 0.717) is 11.1 Å². The standard InChI is InChI=1S/C25H20F5NO3S/c26-24(27,23(33)31-20-12-34-13-20)18-4-5-22(16-6-7-35-14-16)17(10-18)11-21(32)9-15-2-1-3-19(8-15)25(28,29)30/h1-8,10,14,20H,9,11-13H2,(H,31,33). The molecule has 0 saturated carbocycles. The number of halogens is 5. The van der Waals surface area contributed by atoms with Gasteiger partial charge in [-0.05, 0) is 51.2 Å². The van der Waals surface area contributed by atoms with Crippen LogP contribution in [0.2, 0.25) is 0 Å². The Morgan fingerprint density at radius 2 is 1.74 bits per heavy atom. The second-order valence-electron chi connectivity index (χ2n) is 8.26. The van der Waals surface area contributed by atoms with Crippen LogP contribution in [0.5, 0.6) is 0 Å². The smallest absolute Gasteiger partial charge is 0.377 e. The normalized spacial score (nSPS) is 14.4. The van der Waals surface area contributed by atoms with Crippen molar-refractivity contribution < 1.29 is 36.3 Å². The van der Waals surface area contributed by atoms with Gasteiger partial charge in [0.15, 0.2) is 0 Å². The molecule has 1 saturated heterocycles. The zero-order chi connectivity index (χ0) is 25.2. The Balaban J connectivity index is 1.59. The summed E-state index contributed by atoms with van der Waals surface area (Å²) in [4.78, 5) is 25.0. The molecule has 1 fully saturated rings. The van der Waals surface area contributed by atoms with Crippen LogP contribution in [0.4, 0.5) is 22.0 Å². The number of ketones is 1. The summed E-state index contributed by atoms with van der Waals surface area (Å²) in [5, 5.41) is 5.82. The summed E-state index contributed by atoms with van der Waals surface area (Å²) in [5.41, 5.74) is 0.240. The summed E-state index contributed by atoms with van der Waals surface area (Å²) in [7, 11) is 0. The van der Waals surface area contributed by atoms with Gasteiger partial charge in [-0.15, -0.1) is 0 Å². The van der Waals surface area contributed by atoms with Crippen molar-refractivity contribution in [2.45, 2.75) is 31.0 Å². The van der Waals surface area contributed by atoms with E-state index in [1.54, 1.807) is 16.8 Å². The minimum absolute atomic E-state index is 0.161. The van der Waals surface area contributed by atoms with Crippen molar-refractivity contribution in [2.24, 2.45) is 0 Å². The van der Waals surface area contributed by atoms with E-state index in [1.165, 1.54) is 29.5 Å². The van der Waals surface area contributed by atoms with Gasteiger partial charge in [0.25, 0.3) is 5.91 Å². The number of hydrogen-bond acceptors (Lipinski definition) is 4. The van der Waals surface area contributed by atoms with Crippen LogP contribution in [-0.2, 0) is 39.3 Å². The average molecular weight is 509 g/mol. The monoisotopic (exact) mass is 509 g/mol. The molecule has 10 heteroatoms. The van der Waals surface area contributed by atoms with E-state index in [9.17, 15) is 31.5 Å². The molecule has 0 atom stereocenters. The highest BCUT2D eigenvalue weighted by Crippen LogP contribution is 2.35. The third-order valence-electron chi connectivity index (χ3n) is 5.60. The highest BCUT2D eigenvalue weighted by Gasteiger charge is 2.43. The Labute approximate surface area is 201 Å². The molecule has 3 aromatic rings. The van der Waals surface area contributed by atoms with Crippen molar-refractivity contribution in [3.8, 4) is 11.1 Å². The molecule has 2 heterocycles. The summed E-state index contributed by atoms with van der Waals surface area (Å²) in [6.45, 7) is 0.322. The predicted molar refractivity (Wildman–Crippen MR) is 120 cm³/mol. The molecular weight excluding hydrogens is 489 g/mol. The van der Waals surface area contributed by atoms with Crippen LogP contribution in [0.25, 0.3) is 11.1 Å². The fourth-order valence-electron chi connectivity index (χ4n) is 3.72. The molecule has 0 aliphatic carbocycles. The van der Waals surface area contributed by atoms with Crippen LogP contribution >= 0.6 is 11.3 Å². The summed E-state index contributed by atoms with van der Waals surface area (Å²) in [6, 6.07) is 9.41. The number of ether oxygens (including phenoxy) is 1. The van der Waals surface area contributed by atoms with Crippen molar-refractivity contribution in [1.29, 1.82) is 0 Å². The van der Waals surface area contributed by atoms with E-state index in [0.717, 1.165) is 24.3 Å². The molecule has 1 amide bonds. The van der Waals surface area contributed by atoms with Crippen molar-refractivity contribution in [1.82, 2.24) is 5.32 Å². The summed E-state index contributed by atoms with van der Waals surface area (Å²) >= 11 is 1.38. The SMILES string of the molecule is O=C(Cc1cccc(C(F)(F)F)c1)Cc1cc(C(F)(F)C(=O)NC2COC2)ccc1-c1ccsc1. The van der Waals surface area contributed by atoms with E-state index >= 15 is 0 Å². The van der Waals surface area contributed by atoms with Gasteiger partial charge in [-0.2, -0.15) is 33.3 Å². The quantitative estimate of drug-likeness (QED) is 0.414. The third kappa shape index (κ3) is 5.76. The van der Waals surface area contributed by atoms with Gasteiger partial charge in [-0.3, -0.25) is 9.59 Å². The topological polar surface area (TPSA) is 55.4 Å². The molecule has 35 heavy (non-hydrogen) atoms. The van der Waals surface area contributed by atoms with Gasteiger partial charge in [0.1, 0.15) is 5.78 Å². The predicted octanol–water partition coefficient (Wildman–Crippen LogP) is 5.40. The van der Waals surface area contributed by atoms with E-state index < -0.39 is 41.0 Å². The second-order valence-corrected chi connectivity index (χ2v) is 9.04. The Hall–Kier alpha value is -3.11. The molecule has 1 aliphatic rings. The number of hydrogen-bond donors (Lipinski definition) is 1. The number of carbonyl (C=O) groups excluding carboxylic acids is 2. The lowest BCUT2D eigenvalue weighted by molar-refractivity contribution is -0.151. The lowest BCUT2D eigenvalue weighted by Crippen LogP contribution is -2.52. The number of benzene rings is 2. The zero-order valence-corrected chi connectivity index (χ0v) is 19.0. The van der Waals surface area contributed by atoms with Gasteiger partial charge in [0.05, 0.1) is 24.8 Å². The first-order valence-corrected chi connectivity index (χ1v) is 11.6. The Morgan fingerprint density at radius 3 is 2.37 bits per heavy atom. The maximum Gasteiger partial charge on any atom is 0.416 e. The molecule has 1 aromatic heterocycles. The molecule has 0 spiro atoms. The highest BCUT2D eigenvalue weighted by atomic mass is 32.1. The van der Waals surface area contributed by atoms with Crippen LogP contribution < -0.4 is 5.32 Å². The zero-order valence-electron chi connectivity index (χ0n) is 18.2. The van der Waals surface area contributed by atoms with Crippen LogP contribution in [-0.4, -0.2) is 30.9 Å². The largest absolute Gasteiger partial charge is 0.416 e. The molecular formula is C25H20F5NO3S. The maximum absolute atomic E-state index is 14.9. The number of Topliss-reactive ketones (excluding diaryl/α,β-unsaturated/α-hetero) is 1. The molecule has 2 aromatic carbocycles. The van der Waals surface area contributed by atoms with Crippen LogP contribution in [0.3, 0.4) is 0 Å². The lowest BCUT2D eigenvalue weighted by atomic mass is 9.92. The molecule has 1 N–H and O–H groups in total. The maximum atomic E-state index is 14.9. The lowest BCUT2D eigenvalue weighted by Gasteiger charge is -2.28. The molecule has 4 nitrogen and oxygen atoms in total. The number of alkyl halides is 5. The van der Waals surface area contributed by atoms with Gasteiger partial charge in [0.2, 0.25) is 0 Å². The van der Waals surface area contributed by atoms with Crippen LogP contribution in [0.15, 0.2) is 59.3 Å². The minimum atomic E-state index is -4.54. The summed E-state index contributed by atoms with van der Waals surface area (Å²) in [6.07, 6.45) is -5.13. The molecule has 1 aliphatic heterocycles. The molecule has 0 bridgehead atoms. The van der Waals surface area contributed by atoms with Crippen LogP contribution in [0.1, 0.15) is 22.3 Å². The van der Waals surface area contributed by atoms with E-state index in [2.05, 4.69) is 5.32 Å². The average Bonchev–Trinajstić information content (AvgIpc) is 3.30. The van der Waals surface area contributed by atoms with Gasteiger partial charge >= 0.3 is 12.1 Å². The van der Waals surface area contributed by atoms with Crippen molar-refractivity contribution >= 4 is 23.0 Å². The summed E-state index contributed by atoms with van der Waals surface area (Å²) < 4.78 is 73.7. The third-order valence-corrected chi connectivity index (χ3v) is 6.28. The van der Waals surface area contributed by atoms with Crippen molar-refractivity contribution in [3.63, 3.8) is 0 Å². The first kappa shape index (κ1) is 25.0. The number of rotatable bonds is 8. The molecule has 4 rings (SSSR count). The fraction of sp³-hybridized carbons (Fsp3) is 0.280. The van der Waals surface area contributed by atoms with E-state index in [-0.39, 0.29) is 37.2 Å². The Kier molecular flexibility index (Phi) is 7.05. The highest BCUT2D eigenvalue weighted by molar-refractivity contribution is 7.08. The first-order valence-electron chi connectivity index (χ1n) is 10.6. The molecule has 0 radical (unpaired) electrons. The van der Waals surface area contributed by atoms with Gasteiger partial charge in [0, 0.05) is 18.4 Å². The number of nitrogens with one attached hydrogen (secondary N) is 1. The van der Waals surface area contributed by atoms with Crippen LogP contribution in [0, 0.1) is 0 Å². The number of amides is 1. The van der Waals surface area contributed by atoms with Gasteiger partial charge in [-0.1, -0.05) is 30.3 Å². The fourth-order valence-corrected chi connectivity index (χ4v) is 4.38. The Morgan fingerprint density at radius 1 is 0.971 bits per heavy atom.